The molecule has 0 unspecified atom stereocenters. The van der Waals surface area contributed by atoms with Gasteiger partial charge in [0.2, 0.25) is 0 Å². The molecular formula is C10H14O4. The van der Waals surface area contributed by atoms with E-state index >= 15 is 0 Å². The van der Waals surface area contributed by atoms with Crippen LogP contribution >= 0.6 is 0 Å². The monoisotopic (exact) mass is 198 g/mol. The molecule has 4 heteroatoms. The molecule has 0 radical (unpaired) electrons. The van der Waals surface area contributed by atoms with Gasteiger partial charge in [-0.3, -0.25) is 9.59 Å². The summed E-state index contributed by atoms with van der Waals surface area (Å²) in [4.78, 5) is 21.6. The van der Waals surface area contributed by atoms with E-state index in [4.69, 9.17) is 5.11 Å². The second-order valence-electron chi connectivity index (χ2n) is 3.64. The Kier molecular flexibility index (Phi) is 3.41. The van der Waals surface area contributed by atoms with Crippen molar-refractivity contribution in [3.8, 4) is 0 Å². The van der Waals surface area contributed by atoms with Gasteiger partial charge in [0.15, 0.2) is 5.78 Å². The van der Waals surface area contributed by atoms with Gasteiger partial charge in [0.25, 0.3) is 0 Å². The maximum Gasteiger partial charge on any atom is 0.305 e. The lowest BCUT2D eigenvalue weighted by Crippen LogP contribution is -2.15. The quantitative estimate of drug-likeness (QED) is 0.703. The fourth-order valence-corrected chi connectivity index (χ4v) is 1.64. The van der Waals surface area contributed by atoms with Crippen molar-refractivity contribution in [1.29, 1.82) is 0 Å². The van der Waals surface area contributed by atoms with Crippen LogP contribution in [0.25, 0.3) is 0 Å². The van der Waals surface area contributed by atoms with Gasteiger partial charge in [-0.05, 0) is 18.9 Å². The molecule has 0 saturated heterocycles. The van der Waals surface area contributed by atoms with E-state index in [9.17, 15) is 14.7 Å². The molecule has 0 aromatic heterocycles. The van der Waals surface area contributed by atoms with Crippen LogP contribution in [0.4, 0.5) is 0 Å². The van der Waals surface area contributed by atoms with Crippen LogP contribution in [0.15, 0.2) is 11.1 Å². The van der Waals surface area contributed by atoms with Gasteiger partial charge >= 0.3 is 5.97 Å². The van der Waals surface area contributed by atoms with Gasteiger partial charge in [0.1, 0.15) is 0 Å². The van der Waals surface area contributed by atoms with Crippen molar-refractivity contribution in [2.24, 2.45) is 0 Å². The van der Waals surface area contributed by atoms with Crippen LogP contribution in [-0.2, 0) is 9.59 Å². The largest absolute Gasteiger partial charge is 0.481 e. The number of carboxylic acids is 1. The molecule has 4 nitrogen and oxygen atoms in total. The maximum atomic E-state index is 11.3. The molecule has 0 bridgehead atoms. The summed E-state index contributed by atoms with van der Waals surface area (Å²) in [5.41, 5.74) is 1.61. The summed E-state index contributed by atoms with van der Waals surface area (Å²) >= 11 is 0. The highest BCUT2D eigenvalue weighted by Gasteiger charge is 2.23. The molecular weight excluding hydrogens is 184 g/mol. The van der Waals surface area contributed by atoms with Crippen LogP contribution in [0.2, 0.25) is 0 Å². The Morgan fingerprint density at radius 3 is 2.57 bits per heavy atom. The number of hydrogen-bond acceptors (Lipinski definition) is 3. The minimum atomic E-state index is -1.04. The Morgan fingerprint density at radius 2 is 2.14 bits per heavy atom. The summed E-state index contributed by atoms with van der Waals surface area (Å²) in [6.07, 6.45) is 0.176. The number of ketones is 1. The number of aliphatic hydroxyl groups excluding tert-OH is 1. The summed E-state index contributed by atoms with van der Waals surface area (Å²) in [5.74, 6) is -0.992. The lowest BCUT2D eigenvalue weighted by atomic mass is 10.0. The molecule has 0 fully saturated rings. The summed E-state index contributed by atoms with van der Waals surface area (Å²) in [5, 5.41) is 17.8. The number of carbonyl (C=O) groups excluding carboxylic acids is 1. The average molecular weight is 198 g/mol. The van der Waals surface area contributed by atoms with Crippen molar-refractivity contribution >= 4 is 11.8 Å². The number of rotatable bonds is 4. The summed E-state index contributed by atoms with van der Waals surface area (Å²) in [6, 6.07) is 0. The van der Waals surface area contributed by atoms with Crippen LogP contribution in [0, 0.1) is 0 Å². The number of aliphatic hydroxyl groups is 1. The first-order chi connectivity index (χ1) is 6.50. The van der Waals surface area contributed by atoms with E-state index < -0.39 is 12.1 Å². The van der Waals surface area contributed by atoms with Gasteiger partial charge in [0.05, 0.1) is 12.5 Å². The van der Waals surface area contributed by atoms with Crippen molar-refractivity contribution in [2.45, 2.75) is 38.7 Å². The second kappa shape index (κ2) is 4.37. The SMILES string of the molecule is CC1=C(C[C@@H](O)CC(=O)O)C(=O)CC1. The molecule has 1 atom stereocenters. The molecule has 0 amide bonds. The first-order valence-corrected chi connectivity index (χ1v) is 4.62. The van der Waals surface area contributed by atoms with Crippen molar-refractivity contribution in [1.82, 2.24) is 0 Å². The fourth-order valence-electron chi connectivity index (χ4n) is 1.64. The lowest BCUT2D eigenvalue weighted by molar-refractivity contribution is -0.139. The van der Waals surface area contributed by atoms with E-state index in [1.807, 2.05) is 6.92 Å². The van der Waals surface area contributed by atoms with E-state index in [0.717, 1.165) is 12.0 Å². The van der Waals surface area contributed by atoms with Gasteiger partial charge < -0.3 is 10.2 Å². The molecule has 0 heterocycles. The topological polar surface area (TPSA) is 74.6 Å². The highest BCUT2D eigenvalue weighted by molar-refractivity contribution is 5.98. The van der Waals surface area contributed by atoms with Crippen LogP contribution in [0.3, 0.4) is 0 Å². The van der Waals surface area contributed by atoms with Gasteiger partial charge in [0, 0.05) is 12.8 Å². The minimum Gasteiger partial charge on any atom is -0.481 e. The lowest BCUT2D eigenvalue weighted by Gasteiger charge is -2.08. The molecule has 14 heavy (non-hydrogen) atoms. The molecule has 0 aliphatic heterocycles. The maximum absolute atomic E-state index is 11.3. The Hall–Kier alpha value is -1.16. The van der Waals surface area contributed by atoms with Gasteiger partial charge in [-0.1, -0.05) is 5.57 Å². The molecule has 1 aliphatic rings. The van der Waals surface area contributed by atoms with Crippen molar-refractivity contribution in [3.63, 3.8) is 0 Å². The van der Waals surface area contributed by atoms with Crippen LogP contribution in [-0.4, -0.2) is 28.1 Å². The predicted octanol–water partition coefficient (Wildman–Crippen LogP) is 0.891. The van der Waals surface area contributed by atoms with Crippen molar-refractivity contribution in [2.75, 3.05) is 0 Å². The third-order valence-electron chi connectivity index (χ3n) is 2.43. The van der Waals surface area contributed by atoms with E-state index in [1.165, 1.54) is 0 Å². The van der Waals surface area contributed by atoms with Crippen LogP contribution in [0.5, 0.6) is 0 Å². The molecule has 78 valence electrons. The molecule has 0 aromatic carbocycles. The molecule has 0 spiro atoms. The number of allylic oxidation sites excluding steroid dienone is 1. The first-order valence-electron chi connectivity index (χ1n) is 4.62. The second-order valence-corrected chi connectivity index (χ2v) is 3.64. The highest BCUT2D eigenvalue weighted by Crippen LogP contribution is 2.26. The number of aliphatic carboxylic acids is 1. The molecule has 0 saturated carbocycles. The van der Waals surface area contributed by atoms with E-state index in [2.05, 4.69) is 0 Å². The van der Waals surface area contributed by atoms with Gasteiger partial charge in [-0.25, -0.2) is 0 Å². The Labute approximate surface area is 82.2 Å². The molecule has 1 rings (SSSR count). The summed E-state index contributed by atoms with van der Waals surface area (Å²) < 4.78 is 0. The minimum absolute atomic E-state index is 0.0481. The van der Waals surface area contributed by atoms with Crippen LogP contribution < -0.4 is 0 Å². The van der Waals surface area contributed by atoms with Crippen molar-refractivity contribution in [3.05, 3.63) is 11.1 Å². The smallest absolute Gasteiger partial charge is 0.305 e. The van der Waals surface area contributed by atoms with E-state index in [-0.39, 0.29) is 18.6 Å². The number of hydrogen-bond donors (Lipinski definition) is 2. The highest BCUT2D eigenvalue weighted by atomic mass is 16.4. The van der Waals surface area contributed by atoms with Crippen molar-refractivity contribution < 1.29 is 19.8 Å². The Balaban J connectivity index is 2.55. The Bertz CT molecular complexity index is 290. The zero-order valence-corrected chi connectivity index (χ0v) is 8.12. The first kappa shape index (κ1) is 10.9. The summed E-state index contributed by atoms with van der Waals surface area (Å²) in [7, 11) is 0. The van der Waals surface area contributed by atoms with Gasteiger partial charge in [-0.15, -0.1) is 0 Å². The normalized spacial score (nSPS) is 18.9. The molecule has 1 aliphatic carbocycles. The molecule has 0 aromatic rings. The van der Waals surface area contributed by atoms with E-state index in [0.29, 0.717) is 12.0 Å². The standard InChI is InChI=1S/C10H14O4/c1-6-2-3-9(12)8(6)4-7(11)5-10(13)14/h7,11H,2-5H2,1H3,(H,13,14)/t7-/m1/s1. The average Bonchev–Trinajstić information content (AvgIpc) is 2.34. The third kappa shape index (κ3) is 2.67. The zero-order chi connectivity index (χ0) is 10.7. The fraction of sp³-hybridized carbons (Fsp3) is 0.600. The van der Waals surface area contributed by atoms with Crippen LogP contribution in [0.1, 0.15) is 32.6 Å². The van der Waals surface area contributed by atoms with E-state index in [1.54, 1.807) is 0 Å². The number of Topliss-reactive ketones (excluding diaryl/α,β-unsaturated/α-hetero) is 1. The Morgan fingerprint density at radius 1 is 1.50 bits per heavy atom. The molecule has 2 N–H and O–H groups in total. The van der Waals surface area contributed by atoms with Gasteiger partial charge in [-0.2, -0.15) is 0 Å². The number of carbonyl (C=O) groups is 2. The number of carboxylic acid groups (broad SMARTS) is 1. The summed E-state index contributed by atoms with van der Waals surface area (Å²) in [6.45, 7) is 1.85. The predicted molar refractivity (Wildman–Crippen MR) is 49.8 cm³/mol. The third-order valence-corrected chi connectivity index (χ3v) is 2.43. The zero-order valence-electron chi connectivity index (χ0n) is 8.12.